The summed E-state index contributed by atoms with van der Waals surface area (Å²) in [7, 11) is 0. The van der Waals surface area contributed by atoms with Crippen LogP contribution in [-0.4, -0.2) is 28.7 Å². The van der Waals surface area contributed by atoms with Gasteiger partial charge in [-0.1, -0.05) is 45.9 Å². The molecule has 2 nitrogen and oxygen atoms in total. The number of hydrogen-bond donors (Lipinski definition) is 1. The molecule has 1 saturated heterocycles. The highest BCUT2D eigenvalue weighted by Crippen LogP contribution is 2.32. The van der Waals surface area contributed by atoms with Gasteiger partial charge in [0.15, 0.2) is 0 Å². The van der Waals surface area contributed by atoms with Crippen molar-refractivity contribution in [2.24, 2.45) is 5.41 Å². The minimum Gasteiger partial charge on any atom is -0.390 e. The van der Waals surface area contributed by atoms with Crippen LogP contribution in [0.25, 0.3) is 0 Å². The summed E-state index contributed by atoms with van der Waals surface area (Å²) in [4.78, 5) is 2.48. The average molecular weight is 318 g/mol. The molecule has 1 N–H and O–H groups in total. The predicted molar refractivity (Wildman–Crippen MR) is 98.8 cm³/mol. The fraction of sp³-hybridized carbons (Fsp3) is 0.714. The van der Waals surface area contributed by atoms with Gasteiger partial charge in [0.25, 0.3) is 0 Å². The maximum atomic E-state index is 9.35. The fourth-order valence-electron chi connectivity index (χ4n) is 2.70. The quantitative estimate of drug-likeness (QED) is 0.796. The minimum absolute atomic E-state index is 0.00694. The fourth-order valence-corrected chi connectivity index (χ4v) is 2.70. The summed E-state index contributed by atoms with van der Waals surface area (Å²) in [5.74, 6) is 0.782. The van der Waals surface area contributed by atoms with Gasteiger partial charge in [-0.15, -0.1) is 0 Å². The van der Waals surface area contributed by atoms with Crippen molar-refractivity contribution >= 4 is 0 Å². The Morgan fingerprint density at radius 1 is 1.13 bits per heavy atom. The van der Waals surface area contributed by atoms with E-state index in [1.54, 1.807) is 11.1 Å². The number of fused-ring (bicyclic) bond motifs is 1. The van der Waals surface area contributed by atoms with Crippen molar-refractivity contribution in [3.8, 4) is 0 Å². The Labute approximate surface area is 142 Å². The Kier molecular flexibility index (Phi) is 5.58. The molecule has 0 saturated carbocycles. The Morgan fingerprint density at radius 3 is 2.26 bits per heavy atom. The van der Waals surface area contributed by atoms with E-state index in [0.29, 0.717) is 0 Å². The van der Waals surface area contributed by atoms with Gasteiger partial charge in [0.05, 0.1) is 5.60 Å². The van der Waals surface area contributed by atoms with E-state index >= 15 is 0 Å². The van der Waals surface area contributed by atoms with Crippen molar-refractivity contribution in [3.63, 3.8) is 0 Å². The summed E-state index contributed by atoms with van der Waals surface area (Å²) in [6.45, 7) is 15.8. The SMILES string of the molecule is CC(C)(C)C(C)(C)O.CC1CCCc2cc(CN3CC3)ccc21. The van der Waals surface area contributed by atoms with Crippen molar-refractivity contribution in [2.45, 2.75) is 78.9 Å². The number of benzene rings is 1. The van der Waals surface area contributed by atoms with E-state index in [2.05, 4.69) is 30.0 Å². The Bertz CT molecular complexity index is 506. The van der Waals surface area contributed by atoms with Crippen LogP contribution < -0.4 is 0 Å². The highest BCUT2D eigenvalue weighted by Gasteiger charge is 2.29. The minimum atomic E-state index is -0.562. The number of rotatable bonds is 2. The van der Waals surface area contributed by atoms with Crippen molar-refractivity contribution in [1.82, 2.24) is 4.90 Å². The maximum absolute atomic E-state index is 9.35. The van der Waals surface area contributed by atoms with Crippen LogP contribution in [0.4, 0.5) is 0 Å². The largest absolute Gasteiger partial charge is 0.390 e. The van der Waals surface area contributed by atoms with Crippen molar-refractivity contribution in [3.05, 3.63) is 34.9 Å². The average Bonchev–Trinajstić information content (AvgIpc) is 3.21. The van der Waals surface area contributed by atoms with Crippen molar-refractivity contribution in [2.75, 3.05) is 13.1 Å². The lowest BCUT2D eigenvalue weighted by atomic mass is 9.79. The first-order valence-electron chi connectivity index (χ1n) is 9.14. The lowest BCUT2D eigenvalue weighted by Crippen LogP contribution is -2.35. The normalized spacial score (nSPS) is 21.3. The van der Waals surface area contributed by atoms with Gasteiger partial charge in [-0.05, 0) is 61.1 Å². The molecule has 0 radical (unpaired) electrons. The van der Waals surface area contributed by atoms with E-state index in [9.17, 15) is 5.11 Å². The monoisotopic (exact) mass is 317 g/mol. The van der Waals surface area contributed by atoms with Crippen LogP contribution in [0.15, 0.2) is 18.2 Å². The summed E-state index contributed by atoms with van der Waals surface area (Å²) in [5, 5.41) is 9.35. The van der Waals surface area contributed by atoms with Crippen molar-refractivity contribution < 1.29 is 5.11 Å². The Balaban J connectivity index is 0.000000207. The van der Waals surface area contributed by atoms with Crippen LogP contribution >= 0.6 is 0 Å². The predicted octanol–water partition coefficient (Wildman–Crippen LogP) is 4.75. The summed E-state index contributed by atoms with van der Waals surface area (Å²) < 4.78 is 0. The zero-order valence-corrected chi connectivity index (χ0v) is 15.9. The maximum Gasteiger partial charge on any atom is 0.0639 e. The lowest BCUT2D eigenvalue weighted by molar-refractivity contribution is -0.0238. The number of aryl methyl sites for hydroxylation is 1. The second kappa shape index (κ2) is 6.94. The molecule has 1 aliphatic heterocycles. The molecule has 1 aliphatic carbocycles. The van der Waals surface area contributed by atoms with Gasteiger partial charge in [-0.3, -0.25) is 4.90 Å². The van der Waals surface area contributed by atoms with Gasteiger partial charge < -0.3 is 5.11 Å². The molecule has 0 spiro atoms. The second-order valence-corrected chi connectivity index (χ2v) is 8.91. The third-order valence-corrected chi connectivity index (χ3v) is 5.60. The topological polar surface area (TPSA) is 23.2 Å². The Hall–Kier alpha value is -0.860. The first-order valence-corrected chi connectivity index (χ1v) is 9.14. The van der Waals surface area contributed by atoms with Gasteiger partial charge in [-0.25, -0.2) is 0 Å². The molecule has 1 atom stereocenters. The molecule has 1 aromatic rings. The first-order chi connectivity index (χ1) is 10.6. The smallest absolute Gasteiger partial charge is 0.0639 e. The molecule has 130 valence electrons. The summed E-state index contributed by atoms with van der Waals surface area (Å²) in [6, 6.07) is 7.15. The third-order valence-electron chi connectivity index (χ3n) is 5.60. The van der Waals surface area contributed by atoms with Gasteiger partial charge in [0, 0.05) is 19.6 Å². The number of aliphatic hydroxyl groups is 1. The van der Waals surface area contributed by atoms with E-state index in [0.717, 1.165) is 5.92 Å². The molecule has 1 unspecified atom stereocenters. The van der Waals surface area contributed by atoms with E-state index in [-0.39, 0.29) is 5.41 Å². The van der Waals surface area contributed by atoms with Gasteiger partial charge in [0.1, 0.15) is 0 Å². The lowest BCUT2D eigenvalue weighted by Gasteiger charge is -2.33. The molecular formula is C21H35NO. The van der Waals surface area contributed by atoms with Crippen LogP contribution in [-0.2, 0) is 13.0 Å². The van der Waals surface area contributed by atoms with Crippen LogP contribution in [0.5, 0.6) is 0 Å². The van der Waals surface area contributed by atoms with Gasteiger partial charge in [0.2, 0.25) is 0 Å². The number of hydrogen-bond acceptors (Lipinski definition) is 2. The molecule has 23 heavy (non-hydrogen) atoms. The van der Waals surface area contributed by atoms with Crippen LogP contribution in [0.1, 0.15) is 77.0 Å². The molecule has 1 fully saturated rings. The summed E-state index contributed by atoms with van der Waals surface area (Å²) in [6.07, 6.45) is 4.05. The van der Waals surface area contributed by atoms with E-state index < -0.39 is 5.60 Å². The zero-order chi connectivity index (χ0) is 17.3. The summed E-state index contributed by atoms with van der Waals surface area (Å²) >= 11 is 0. The molecule has 2 heteroatoms. The highest BCUT2D eigenvalue weighted by atomic mass is 16.3. The third kappa shape index (κ3) is 5.32. The van der Waals surface area contributed by atoms with Crippen LogP contribution in [0, 0.1) is 5.41 Å². The van der Waals surface area contributed by atoms with Crippen LogP contribution in [0.2, 0.25) is 0 Å². The van der Waals surface area contributed by atoms with E-state index in [4.69, 9.17) is 0 Å². The zero-order valence-electron chi connectivity index (χ0n) is 15.9. The van der Waals surface area contributed by atoms with Crippen LogP contribution in [0.3, 0.4) is 0 Å². The van der Waals surface area contributed by atoms with Crippen molar-refractivity contribution in [1.29, 1.82) is 0 Å². The Morgan fingerprint density at radius 2 is 1.74 bits per heavy atom. The molecule has 1 aromatic carbocycles. The molecular weight excluding hydrogens is 282 g/mol. The first kappa shape index (κ1) is 18.5. The molecule has 0 aromatic heterocycles. The standard InChI is InChI=1S/C14H19N.C7H16O/c1-11-3-2-4-13-9-12(5-6-14(11)13)10-15-7-8-15;1-6(2,3)7(4,5)8/h5-6,9,11H,2-4,7-8,10H2,1H3;8H,1-5H3. The molecule has 0 amide bonds. The molecule has 3 rings (SSSR count). The van der Waals surface area contributed by atoms with Gasteiger partial charge in [-0.2, -0.15) is 0 Å². The molecule has 1 heterocycles. The van der Waals surface area contributed by atoms with Gasteiger partial charge >= 0.3 is 0 Å². The summed E-state index contributed by atoms with van der Waals surface area (Å²) in [5.41, 5.74) is 4.17. The number of nitrogens with zero attached hydrogens (tertiary/aromatic N) is 1. The molecule has 2 aliphatic rings. The highest BCUT2D eigenvalue weighted by molar-refractivity contribution is 5.36. The molecule has 0 bridgehead atoms. The second-order valence-electron chi connectivity index (χ2n) is 8.91. The van der Waals surface area contributed by atoms with E-state index in [1.807, 2.05) is 34.6 Å². The van der Waals surface area contributed by atoms with E-state index in [1.165, 1.54) is 44.5 Å².